The molecule has 1 aromatic heterocycles. The van der Waals surface area contributed by atoms with E-state index in [1.165, 1.54) is 0 Å². The Hall–Kier alpha value is -0.960. The van der Waals surface area contributed by atoms with Gasteiger partial charge in [-0.15, -0.1) is 11.3 Å². The minimum atomic E-state index is -0.120. The highest BCUT2D eigenvalue weighted by Crippen LogP contribution is 2.25. The number of amides is 1. The van der Waals surface area contributed by atoms with Crippen LogP contribution in [0.3, 0.4) is 0 Å². The van der Waals surface area contributed by atoms with E-state index >= 15 is 0 Å². The third-order valence-corrected chi connectivity index (χ3v) is 5.08. The van der Waals surface area contributed by atoms with Crippen molar-refractivity contribution in [3.63, 3.8) is 0 Å². The van der Waals surface area contributed by atoms with Crippen molar-refractivity contribution in [3.05, 3.63) is 21.9 Å². The quantitative estimate of drug-likeness (QED) is 0.865. The lowest BCUT2D eigenvalue weighted by Gasteiger charge is -2.19. The molecule has 1 unspecified atom stereocenters. The van der Waals surface area contributed by atoms with Crippen LogP contribution < -0.4 is 0 Å². The lowest BCUT2D eigenvalue weighted by molar-refractivity contribution is -0.133. The fraction of sp³-hybridized carbons (Fsp3) is 0.500. The van der Waals surface area contributed by atoms with E-state index in [9.17, 15) is 4.79 Å². The topological polar surface area (TPSA) is 40.5 Å². The van der Waals surface area contributed by atoms with Crippen LogP contribution >= 0.6 is 23.1 Å². The summed E-state index contributed by atoms with van der Waals surface area (Å²) in [7, 11) is 1.86. The normalized spacial score (nSPS) is 17.9. The largest absolute Gasteiger partial charge is 0.384 e. The van der Waals surface area contributed by atoms with Gasteiger partial charge in [0.25, 0.3) is 0 Å². The molecule has 102 valence electrons. The second-order valence-corrected chi connectivity index (χ2v) is 6.59. The van der Waals surface area contributed by atoms with Crippen LogP contribution in [0.2, 0.25) is 0 Å². The molecule has 1 aromatic rings. The molecule has 1 aliphatic heterocycles. The van der Waals surface area contributed by atoms with Gasteiger partial charge in [-0.25, -0.2) is 0 Å². The lowest BCUT2D eigenvalue weighted by atomic mass is 10.1. The number of aliphatic hydroxyl groups excluding tert-OH is 1. The number of thiophene rings is 1. The fourth-order valence-corrected chi connectivity index (χ4v) is 4.03. The van der Waals surface area contributed by atoms with E-state index in [1.54, 1.807) is 11.3 Å². The van der Waals surface area contributed by atoms with Gasteiger partial charge in [0.05, 0.1) is 4.88 Å². The molecule has 1 aliphatic rings. The number of aliphatic hydroxyl groups is 1. The maximum absolute atomic E-state index is 12.2. The van der Waals surface area contributed by atoms with Crippen molar-refractivity contribution in [3.8, 4) is 11.8 Å². The Morgan fingerprint density at radius 1 is 1.63 bits per heavy atom. The van der Waals surface area contributed by atoms with E-state index in [-0.39, 0.29) is 18.4 Å². The smallest absolute Gasteiger partial charge is 0.226 e. The van der Waals surface area contributed by atoms with Crippen LogP contribution in [-0.2, 0) is 11.3 Å². The van der Waals surface area contributed by atoms with Gasteiger partial charge in [-0.1, -0.05) is 11.8 Å². The Bertz CT molecular complexity index is 495. The molecule has 0 spiro atoms. The molecule has 0 aliphatic carbocycles. The fourth-order valence-electron chi connectivity index (χ4n) is 2.04. The maximum Gasteiger partial charge on any atom is 0.226 e. The zero-order valence-electron chi connectivity index (χ0n) is 10.9. The monoisotopic (exact) mass is 295 g/mol. The van der Waals surface area contributed by atoms with E-state index in [4.69, 9.17) is 5.11 Å². The summed E-state index contributed by atoms with van der Waals surface area (Å²) in [6, 6.07) is 1.99. The Labute approximate surface area is 122 Å². The minimum absolute atomic E-state index is 0.120. The average molecular weight is 295 g/mol. The molecule has 2 heterocycles. The summed E-state index contributed by atoms with van der Waals surface area (Å²) < 4.78 is 0. The zero-order chi connectivity index (χ0) is 13.7. The van der Waals surface area contributed by atoms with Crippen LogP contribution in [0.25, 0.3) is 0 Å². The summed E-state index contributed by atoms with van der Waals surface area (Å²) in [5.74, 6) is 8.02. The van der Waals surface area contributed by atoms with Gasteiger partial charge in [-0.05, 0) is 29.2 Å². The lowest BCUT2D eigenvalue weighted by Crippen LogP contribution is -2.32. The van der Waals surface area contributed by atoms with Gasteiger partial charge < -0.3 is 10.0 Å². The number of carbonyl (C=O) groups excluding carboxylic acids is 1. The van der Waals surface area contributed by atoms with Crippen molar-refractivity contribution < 1.29 is 9.90 Å². The number of carbonyl (C=O) groups is 1. The number of hydrogen-bond donors (Lipinski definition) is 1. The van der Waals surface area contributed by atoms with E-state index in [1.807, 2.05) is 35.2 Å². The summed E-state index contributed by atoms with van der Waals surface area (Å²) in [5, 5.41) is 10.7. The Kier molecular flexibility index (Phi) is 5.32. The molecule has 1 atom stereocenters. The van der Waals surface area contributed by atoms with Crippen molar-refractivity contribution in [2.24, 2.45) is 5.92 Å². The molecule has 1 saturated heterocycles. The standard InChI is InChI=1S/C14H17NO2S2/c1-15(14(17)12-4-6-18-10-12)8-11-7-13(19-9-11)3-2-5-16/h7,9,12,16H,4-6,8,10H2,1H3. The maximum atomic E-state index is 12.2. The first-order valence-corrected chi connectivity index (χ1v) is 8.24. The summed E-state index contributed by atoms with van der Waals surface area (Å²) in [6.07, 6.45) is 1.00. The van der Waals surface area contributed by atoms with E-state index < -0.39 is 0 Å². The second-order valence-electron chi connectivity index (χ2n) is 4.53. The number of rotatable bonds is 3. The minimum Gasteiger partial charge on any atom is -0.384 e. The van der Waals surface area contributed by atoms with E-state index in [2.05, 4.69) is 11.8 Å². The van der Waals surface area contributed by atoms with Crippen LogP contribution in [0.15, 0.2) is 11.4 Å². The van der Waals surface area contributed by atoms with Gasteiger partial charge in [-0.2, -0.15) is 11.8 Å². The molecule has 2 rings (SSSR count). The highest BCUT2D eigenvalue weighted by molar-refractivity contribution is 7.99. The Balaban J connectivity index is 1.92. The SMILES string of the molecule is CN(Cc1csc(C#CCO)c1)C(=O)C1CCSC1. The number of nitrogens with zero attached hydrogens (tertiary/aromatic N) is 1. The molecule has 1 amide bonds. The molecular formula is C14H17NO2S2. The predicted octanol–water partition coefficient (Wildman–Crippen LogP) is 1.80. The van der Waals surface area contributed by atoms with Gasteiger partial charge in [0, 0.05) is 25.3 Å². The Morgan fingerprint density at radius 3 is 3.16 bits per heavy atom. The van der Waals surface area contributed by atoms with Crippen molar-refractivity contribution in [1.82, 2.24) is 4.90 Å². The molecule has 1 N–H and O–H groups in total. The van der Waals surface area contributed by atoms with Crippen LogP contribution in [0, 0.1) is 17.8 Å². The van der Waals surface area contributed by atoms with Crippen molar-refractivity contribution in [2.75, 3.05) is 25.2 Å². The first-order valence-electron chi connectivity index (χ1n) is 6.20. The summed E-state index contributed by atoms with van der Waals surface area (Å²) in [4.78, 5) is 14.9. The van der Waals surface area contributed by atoms with E-state index in [0.29, 0.717) is 6.54 Å². The molecule has 5 heteroatoms. The third-order valence-electron chi connectivity index (χ3n) is 3.02. The first kappa shape index (κ1) is 14.4. The van der Waals surface area contributed by atoms with Gasteiger partial charge in [0.1, 0.15) is 6.61 Å². The molecular weight excluding hydrogens is 278 g/mol. The van der Waals surface area contributed by atoms with Crippen molar-refractivity contribution >= 4 is 29.0 Å². The van der Waals surface area contributed by atoms with Gasteiger partial charge >= 0.3 is 0 Å². The highest BCUT2D eigenvalue weighted by Gasteiger charge is 2.25. The van der Waals surface area contributed by atoms with Gasteiger partial charge in [-0.3, -0.25) is 4.79 Å². The number of thioether (sulfide) groups is 1. The molecule has 19 heavy (non-hydrogen) atoms. The van der Waals surface area contributed by atoms with Crippen LogP contribution in [0.1, 0.15) is 16.9 Å². The first-order chi connectivity index (χ1) is 9.20. The molecule has 0 aromatic carbocycles. The van der Waals surface area contributed by atoms with E-state index in [0.717, 1.165) is 28.4 Å². The third kappa shape index (κ3) is 4.00. The highest BCUT2D eigenvalue weighted by atomic mass is 32.2. The van der Waals surface area contributed by atoms with Crippen LogP contribution in [0.5, 0.6) is 0 Å². The summed E-state index contributed by atoms with van der Waals surface area (Å²) in [5.41, 5.74) is 1.11. The molecule has 0 radical (unpaired) electrons. The molecule has 0 bridgehead atoms. The number of hydrogen-bond acceptors (Lipinski definition) is 4. The summed E-state index contributed by atoms with van der Waals surface area (Å²) in [6.45, 7) is 0.516. The van der Waals surface area contributed by atoms with Crippen LogP contribution in [-0.4, -0.2) is 41.1 Å². The van der Waals surface area contributed by atoms with Crippen molar-refractivity contribution in [1.29, 1.82) is 0 Å². The van der Waals surface area contributed by atoms with Crippen molar-refractivity contribution in [2.45, 2.75) is 13.0 Å². The van der Waals surface area contributed by atoms with Gasteiger partial charge in [0.2, 0.25) is 5.91 Å². The van der Waals surface area contributed by atoms with Gasteiger partial charge in [0.15, 0.2) is 0 Å². The molecule has 3 nitrogen and oxygen atoms in total. The predicted molar refractivity (Wildman–Crippen MR) is 80.2 cm³/mol. The summed E-state index contributed by atoms with van der Waals surface area (Å²) >= 11 is 3.41. The second kappa shape index (κ2) is 6.99. The average Bonchev–Trinajstić information content (AvgIpc) is 3.06. The van der Waals surface area contributed by atoms with Crippen LogP contribution in [0.4, 0.5) is 0 Å². The Morgan fingerprint density at radius 2 is 2.47 bits per heavy atom. The molecule has 0 saturated carbocycles. The zero-order valence-corrected chi connectivity index (χ0v) is 12.5. The molecule has 1 fully saturated rings.